The topological polar surface area (TPSA) is 50.8 Å². The number of benzene rings is 2. The molecule has 0 bridgehead atoms. The monoisotopic (exact) mass is 356 g/mol. The van der Waals surface area contributed by atoms with Crippen LogP contribution >= 0.6 is 0 Å². The van der Waals surface area contributed by atoms with Crippen molar-refractivity contribution in [3.05, 3.63) is 54.1 Å². The summed E-state index contributed by atoms with van der Waals surface area (Å²) in [5.41, 5.74) is 1.96. The Morgan fingerprint density at radius 2 is 1.58 bits per heavy atom. The van der Waals surface area contributed by atoms with E-state index in [9.17, 15) is 4.79 Å². The largest absolute Gasteiger partial charge is 0.494 e. The third kappa shape index (κ3) is 7.15. The minimum absolute atomic E-state index is 0.0196. The molecule has 26 heavy (non-hydrogen) atoms. The molecule has 0 saturated carbocycles. The highest BCUT2D eigenvalue weighted by Crippen LogP contribution is 2.16. The highest BCUT2D eigenvalue weighted by atomic mass is 16.5. The van der Waals surface area contributed by atoms with Crippen LogP contribution in [-0.2, 0) is 11.2 Å². The Labute approximate surface area is 155 Å². The lowest BCUT2D eigenvalue weighted by Gasteiger charge is -2.11. The molecule has 2 aromatic carbocycles. The zero-order valence-corrected chi connectivity index (χ0v) is 15.8. The van der Waals surface area contributed by atoms with Crippen molar-refractivity contribution in [3.8, 4) is 11.5 Å². The van der Waals surface area contributed by atoms with Crippen LogP contribution in [0.5, 0.6) is 11.5 Å². The highest BCUT2D eigenvalue weighted by Gasteiger charge is 2.04. The van der Waals surface area contributed by atoms with Crippen molar-refractivity contribution in [1.82, 2.24) is 4.90 Å². The summed E-state index contributed by atoms with van der Waals surface area (Å²) in [6.45, 7) is 3.75. The Hall–Kier alpha value is -2.53. The molecular weight excluding hydrogens is 328 g/mol. The first-order chi connectivity index (χ1) is 12.6. The van der Waals surface area contributed by atoms with E-state index < -0.39 is 0 Å². The number of nitrogens with zero attached hydrogens (tertiary/aromatic N) is 1. The van der Waals surface area contributed by atoms with E-state index in [1.807, 2.05) is 62.6 Å². The molecule has 5 heteroatoms. The first kappa shape index (κ1) is 19.8. The maximum Gasteiger partial charge on any atom is 0.262 e. The maximum atomic E-state index is 12.0. The van der Waals surface area contributed by atoms with Gasteiger partial charge in [-0.3, -0.25) is 4.79 Å². The van der Waals surface area contributed by atoms with E-state index in [2.05, 4.69) is 17.1 Å². The van der Waals surface area contributed by atoms with E-state index in [0.717, 1.165) is 30.8 Å². The van der Waals surface area contributed by atoms with Crippen LogP contribution in [0.1, 0.15) is 18.9 Å². The smallest absolute Gasteiger partial charge is 0.262 e. The van der Waals surface area contributed by atoms with Gasteiger partial charge in [0.1, 0.15) is 11.5 Å². The van der Waals surface area contributed by atoms with Gasteiger partial charge in [-0.05, 0) is 68.9 Å². The van der Waals surface area contributed by atoms with Gasteiger partial charge in [-0.25, -0.2) is 0 Å². The Bertz CT molecular complexity index is 667. The molecule has 5 nitrogen and oxygen atoms in total. The van der Waals surface area contributed by atoms with Gasteiger partial charge in [-0.15, -0.1) is 0 Å². The Balaban J connectivity index is 1.72. The molecule has 0 atom stereocenters. The van der Waals surface area contributed by atoms with Gasteiger partial charge in [0.2, 0.25) is 0 Å². The number of hydrogen-bond donors (Lipinski definition) is 1. The first-order valence-corrected chi connectivity index (χ1v) is 8.96. The van der Waals surface area contributed by atoms with Gasteiger partial charge >= 0.3 is 0 Å². The van der Waals surface area contributed by atoms with E-state index in [0.29, 0.717) is 12.4 Å². The molecule has 0 saturated heterocycles. The quantitative estimate of drug-likeness (QED) is 0.661. The number of carbonyl (C=O) groups is 1. The van der Waals surface area contributed by atoms with E-state index in [1.165, 1.54) is 5.56 Å². The van der Waals surface area contributed by atoms with E-state index in [4.69, 9.17) is 9.47 Å². The number of nitrogens with one attached hydrogen (secondary N) is 1. The molecule has 2 rings (SSSR count). The lowest BCUT2D eigenvalue weighted by Crippen LogP contribution is -2.20. The second-order valence-corrected chi connectivity index (χ2v) is 6.36. The van der Waals surface area contributed by atoms with Crippen LogP contribution in [0.25, 0.3) is 0 Å². The number of aryl methyl sites for hydroxylation is 1. The van der Waals surface area contributed by atoms with Gasteiger partial charge in [-0.1, -0.05) is 19.1 Å². The molecule has 0 aliphatic rings. The van der Waals surface area contributed by atoms with Gasteiger partial charge in [0, 0.05) is 12.2 Å². The van der Waals surface area contributed by atoms with Crippen molar-refractivity contribution >= 4 is 11.6 Å². The number of anilines is 1. The molecule has 0 aromatic heterocycles. The fraction of sp³-hybridized carbons (Fsp3) is 0.381. The molecule has 0 fully saturated rings. The van der Waals surface area contributed by atoms with E-state index >= 15 is 0 Å². The van der Waals surface area contributed by atoms with Crippen LogP contribution in [0.2, 0.25) is 0 Å². The van der Waals surface area contributed by atoms with E-state index in [1.54, 1.807) is 0 Å². The van der Waals surface area contributed by atoms with Gasteiger partial charge in [-0.2, -0.15) is 0 Å². The average Bonchev–Trinajstić information content (AvgIpc) is 2.65. The van der Waals surface area contributed by atoms with Gasteiger partial charge < -0.3 is 19.7 Å². The molecule has 0 spiro atoms. The summed E-state index contributed by atoms with van der Waals surface area (Å²) in [5, 5.41) is 2.82. The van der Waals surface area contributed by atoms with Gasteiger partial charge in [0.15, 0.2) is 6.61 Å². The molecule has 0 unspecified atom stereocenters. The summed E-state index contributed by atoms with van der Waals surface area (Å²) in [7, 11) is 4.09. The highest BCUT2D eigenvalue weighted by molar-refractivity contribution is 5.91. The number of ether oxygens (including phenoxy) is 2. The Morgan fingerprint density at radius 1 is 0.962 bits per heavy atom. The normalized spacial score (nSPS) is 10.6. The summed E-state index contributed by atoms with van der Waals surface area (Å²) >= 11 is 0. The van der Waals surface area contributed by atoms with Crippen molar-refractivity contribution in [2.45, 2.75) is 19.8 Å². The molecule has 140 valence electrons. The minimum Gasteiger partial charge on any atom is -0.494 e. The second kappa shape index (κ2) is 10.5. The summed E-state index contributed by atoms with van der Waals surface area (Å²) in [5.74, 6) is 1.30. The summed E-state index contributed by atoms with van der Waals surface area (Å²) in [6.07, 6.45) is 1.96. The summed E-state index contributed by atoms with van der Waals surface area (Å²) < 4.78 is 11.2. The molecule has 1 amide bonds. The average molecular weight is 356 g/mol. The predicted molar refractivity (Wildman–Crippen MR) is 105 cm³/mol. The molecule has 0 heterocycles. The van der Waals surface area contributed by atoms with Crippen molar-refractivity contribution in [2.75, 3.05) is 39.2 Å². The molecule has 2 aromatic rings. The molecule has 1 N–H and O–H groups in total. The Morgan fingerprint density at radius 3 is 2.19 bits per heavy atom. The van der Waals surface area contributed by atoms with Crippen LogP contribution in [-0.4, -0.2) is 44.7 Å². The van der Waals surface area contributed by atoms with E-state index in [-0.39, 0.29) is 12.5 Å². The first-order valence-electron chi connectivity index (χ1n) is 8.96. The molecule has 0 aliphatic carbocycles. The van der Waals surface area contributed by atoms with Crippen molar-refractivity contribution in [1.29, 1.82) is 0 Å². The standard InChI is InChI=1S/C21H28N2O3/c1-4-17-6-10-20(11-7-17)26-16-21(24)22-18-8-12-19(13-9-18)25-15-5-14-23(2)3/h6-13H,4-5,14-16H2,1-3H3,(H,22,24). The number of rotatable bonds is 10. The molecule has 0 radical (unpaired) electrons. The third-order valence-electron chi connectivity index (χ3n) is 3.86. The zero-order valence-electron chi connectivity index (χ0n) is 15.8. The van der Waals surface area contributed by atoms with Crippen LogP contribution < -0.4 is 14.8 Å². The zero-order chi connectivity index (χ0) is 18.8. The fourth-order valence-corrected chi connectivity index (χ4v) is 2.37. The summed E-state index contributed by atoms with van der Waals surface area (Å²) in [6, 6.07) is 15.1. The van der Waals surface area contributed by atoms with Crippen molar-refractivity contribution in [3.63, 3.8) is 0 Å². The van der Waals surface area contributed by atoms with Crippen LogP contribution in [0.15, 0.2) is 48.5 Å². The van der Waals surface area contributed by atoms with Crippen LogP contribution in [0, 0.1) is 0 Å². The SMILES string of the molecule is CCc1ccc(OCC(=O)Nc2ccc(OCCCN(C)C)cc2)cc1. The second-order valence-electron chi connectivity index (χ2n) is 6.36. The third-order valence-corrected chi connectivity index (χ3v) is 3.86. The summed E-state index contributed by atoms with van der Waals surface area (Å²) in [4.78, 5) is 14.1. The maximum absolute atomic E-state index is 12.0. The van der Waals surface area contributed by atoms with Crippen molar-refractivity contribution in [2.24, 2.45) is 0 Å². The molecule has 0 aliphatic heterocycles. The minimum atomic E-state index is -0.191. The van der Waals surface area contributed by atoms with Crippen LogP contribution in [0.3, 0.4) is 0 Å². The lowest BCUT2D eigenvalue weighted by atomic mass is 10.2. The number of carbonyl (C=O) groups excluding carboxylic acids is 1. The Kier molecular flexibility index (Phi) is 7.96. The van der Waals surface area contributed by atoms with Gasteiger partial charge in [0.05, 0.1) is 6.61 Å². The lowest BCUT2D eigenvalue weighted by molar-refractivity contribution is -0.118. The predicted octanol–water partition coefficient (Wildman–Crippen LogP) is 3.60. The van der Waals surface area contributed by atoms with Gasteiger partial charge in [0.25, 0.3) is 5.91 Å². The fourth-order valence-electron chi connectivity index (χ4n) is 2.37. The molecular formula is C21H28N2O3. The number of hydrogen-bond acceptors (Lipinski definition) is 4. The number of amides is 1. The van der Waals surface area contributed by atoms with Crippen molar-refractivity contribution < 1.29 is 14.3 Å². The van der Waals surface area contributed by atoms with Crippen LogP contribution in [0.4, 0.5) is 5.69 Å².